The number of nitrogens with one attached hydrogen (secondary N) is 1. The highest BCUT2D eigenvalue weighted by atomic mass is 32.2. The summed E-state index contributed by atoms with van der Waals surface area (Å²) in [6.45, 7) is 4.78. The van der Waals surface area contributed by atoms with Gasteiger partial charge in [0.15, 0.2) is 0 Å². The van der Waals surface area contributed by atoms with Gasteiger partial charge in [-0.2, -0.15) is 4.31 Å². The first-order valence-corrected chi connectivity index (χ1v) is 10.8. The quantitative estimate of drug-likeness (QED) is 0.699. The molecule has 1 unspecified atom stereocenters. The number of rotatable bonds is 8. The number of nitrogens with zero attached hydrogens (tertiary/aromatic N) is 1. The monoisotopic (exact) mass is 384 g/mol. The Kier molecular flexibility index (Phi) is 7.58. The molecule has 0 bridgehead atoms. The van der Waals surface area contributed by atoms with Crippen molar-refractivity contribution in [2.75, 3.05) is 13.1 Å². The van der Waals surface area contributed by atoms with Crippen LogP contribution in [0.4, 0.5) is 4.39 Å². The number of halogens is 1. The normalized spacial score (nSPS) is 17.8. The largest absolute Gasteiger partial charge is 0.353 e. The van der Waals surface area contributed by atoms with E-state index in [-0.39, 0.29) is 22.8 Å². The van der Waals surface area contributed by atoms with Crippen LogP contribution in [0.25, 0.3) is 0 Å². The fourth-order valence-corrected chi connectivity index (χ4v) is 4.72. The average molecular weight is 385 g/mol. The van der Waals surface area contributed by atoms with Gasteiger partial charge in [0.2, 0.25) is 15.9 Å². The highest BCUT2D eigenvalue weighted by Crippen LogP contribution is 2.24. The third kappa shape index (κ3) is 5.51. The summed E-state index contributed by atoms with van der Waals surface area (Å²) >= 11 is 0. The molecular formula is C19H29FN2O3S. The summed E-state index contributed by atoms with van der Waals surface area (Å²) < 4.78 is 39.6. The Labute approximate surface area is 156 Å². The predicted molar refractivity (Wildman–Crippen MR) is 99.6 cm³/mol. The molecule has 7 heteroatoms. The van der Waals surface area contributed by atoms with Crippen molar-refractivity contribution in [2.45, 2.75) is 63.3 Å². The minimum atomic E-state index is -3.63. The minimum absolute atomic E-state index is 0.0211. The molecule has 1 amide bonds. The molecule has 26 heavy (non-hydrogen) atoms. The third-order valence-corrected chi connectivity index (χ3v) is 6.82. The van der Waals surface area contributed by atoms with Crippen LogP contribution in [0.15, 0.2) is 29.2 Å². The van der Waals surface area contributed by atoms with Crippen LogP contribution in [0, 0.1) is 11.7 Å². The summed E-state index contributed by atoms with van der Waals surface area (Å²) in [6.07, 6.45) is 5.41. The number of piperidine rings is 1. The number of unbranched alkanes of at least 4 members (excludes halogenated alkanes) is 2. The molecule has 0 spiro atoms. The summed E-state index contributed by atoms with van der Waals surface area (Å²) in [5.41, 5.74) is 0. The fourth-order valence-electron chi connectivity index (χ4n) is 3.25. The molecule has 0 saturated carbocycles. The van der Waals surface area contributed by atoms with Crippen LogP contribution in [0.5, 0.6) is 0 Å². The van der Waals surface area contributed by atoms with Gasteiger partial charge < -0.3 is 5.32 Å². The molecule has 146 valence electrons. The van der Waals surface area contributed by atoms with E-state index in [0.29, 0.717) is 25.9 Å². The van der Waals surface area contributed by atoms with Gasteiger partial charge in [-0.05, 0) is 50.5 Å². The number of carbonyl (C=O) groups excluding carboxylic acids is 1. The summed E-state index contributed by atoms with van der Waals surface area (Å²) in [5.74, 6) is -0.594. The van der Waals surface area contributed by atoms with Crippen molar-refractivity contribution in [1.82, 2.24) is 9.62 Å². The van der Waals surface area contributed by atoms with E-state index in [1.165, 1.54) is 22.9 Å². The molecule has 1 atom stereocenters. The second-order valence-electron chi connectivity index (χ2n) is 7.04. The average Bonchev–Trinajstić information content (AvgIpc) is 2.62. The van der Waals surface area contributed by atoms with Crippen LogP contribution in [0.2, 0.25) is 0 Å². The first-order valence-electron chi connectivity index (χ1n) is 9.40. The Morgan fingerprint density at radius 1 is 1.23 bits per heavy atom. The van der Waals surface area contributed by atoms with E-state index in [9.17, 15) is 17.6 Å². The van der Waals surface area contributed by atoms with Crippen LogP contribution in [0.1, 0.15) is 52.4 Å². The minimum Gasteiger partial charge on any atom is -0.353 e. The molecule has 1 aromatic rings. The molecule has 2 rings (SSSR count). The first kappa shape index (κ1) is 20.8. The van der Waals surface area contributed by atoms with Crippen molar-refractivity contribution in [3.63, 3.8) is 0 Å². The zero-order chi connectivity index (χ0) is 19.2. The van der Waals surface area contributed by atoms with Crippen LogP contribution in [-0.4, -0.2) is 37.8 Å². The van der Waals surface area contributed by atoms with Crippen molar-refractivity contribution < 1.29 is 17.6 Å². The van der Waals surface area contributed by atoms with E-state index in [1.54, 1.807) is 0 Å². The van der Waals surface area contributed by atoms with Crippen LogP contribution in [-0.2, 0) is 14.8 Å². The van der Waals surface area contributed by atoms with Gasteiger partial charge in [0.1, 0.15) is 5.82 Å². The van der Waals surface area contributed by atoms with E-state index < -0.39 is 15.8 Å². The lowest BCUT2D eigenvalue weighted by Crippen LogP contribution is -2.44. The summed E-state index contributed by atoms with van der Waals surface area (Å²) in [4.78, 5) is 12.5. The van der Waals surface area contributed by atoms with E-state index in [2.05, 4.69) is 12.2 Å². The van der Waals surface area contributed by atoms with Crippen LogP contribution >= 0.6 is 0 Å². The molecule has 0 aliphatic carbocycles. The molecular weight excluding hydrogens is 355 g/mol. The highest BCUT2D eigenvalue weighted by molar-refractivity contribution is 7.89. The van der Waals surface area contributed by atoms with Crippen molar-refractivity contribution in [3.8, 4) is 0 Å². The zero-order valence-corrected chi connectivity index (χ0v) is 16.4. The Balaban J connectivity index is 1.86. The van der Waals surface area contributed by atoms with E-state index in [0.717, 1.165) is 31.4 Å². The number of amides is 1. The topological polar surface area (TPSA) is 66.5 Å². The Morgan fingerprint density at radius 2 is 1.85 bits per heavy atom. The maximum absolute atomic E-state index is 13.0. The molecule has 1 aromatic carbocycles. The Hall–Kier alpha value is -1.47. The van der Waals surface area contributed by atoms with Crippen molar-refractivity contribution in [1.29, 1.82) is 0 Å². The van der Waals surface area contributed by atoms with Crippen molar-refractivity contribution >= 4 is 15.9 Å². The van der Waals surface area contributed by atoms with Crippen molar-refractivity contribution in [3.05, 3.63) is 30.1 Å². The van der Waals surface area contributed by atoms with Gasteiger partial charge in [0.05, 0.1) is 4.90 Å². The number of hydrogen-bond acceptors (Lipinski definition) is 3. The van der Waals surface area contributed by atoms with Gasteiger partial charge in [-0.25, -0.2) is 12.8 Å². The molecule has 1 saturated heterocycles. The standard InChI is InChI=1S/C19H29FN2O3S/c1-3-4-5-6-15(2)21-19(23)16-11-13-22(14-12-16)26(24,25)18-9-7-17(20)8-10-18/h7-10,15-16H,3-6,11-14H2,1-2H3,(H,21,23). The SMILES string of the molecule is CCCCCC(C)NC(=O)C1CCN(S(=O)(=O)c2ccc(F)cc2)CC1. The maximum atomic E-state index is 13.0. The molecule has 0 radical (unpaired) electrons. The number of benzene rings is 1. The zero-order valence-electron chi connectivity index (χ0n) is 15.6. The van der Waals surface area contributed by atoms with E-state index in [1.807, 2.05) is 6.92 Å². The third-order valence-electron chi connectivity index (χ3n) is 4.91. The van der Waals surface area contributed by atoms with Gasteiger partial charge in [-0.3, -0.25) is 4.79 Å². The summed E-state index contributed by atoms with van der Waals surface area (Å²) in [5, 5.41) is 3.05. The van der Waals surface area contributed by atoms with Gasteiger partial charge in [-0.15, -0.1) is 0 Å². The first-order chi connectivity index (χ1) is 12.3. The molecule has 1 aliphatic rings. The molecule has 1 fully saturated rings. The van der Waals surface area contributed by atoms with E-state index >= 15 is 0 Å². The Morgan fingerprint density at radius 3 is 2.42 bits per heavy atom. The number of carbonyl (C=O) groups is 1. The predicted octanol–water partition coefficient (Wildman–Crippen LogP) is 3.31. The van der Waals surface area contributed by atoms with E-state index in [4.69, 9.17) is 0 Å². The highest BCUT2D eigenvalue weighted by Gasteiger charge is 2.32. The Bertz CT molecular complexity index is 683. The maximum Gasteiger partial charge on any atom is 0.243 e. The second kappa shape index (κ2) is 9.46. The second-order valence-corrected chi connectivity index (χ2v) is 8.98. The van der Waals surface area contributed by atoms with Crippen LogP contribution in [0.3, 0.4) is 0 Å². The molecule has 0 aromatic heterocycles. The number of sulfonamides is 1. The molecule has 1 heterocycles. The summed E-state index contributed by atoms with van der Waals surface area (Å²) in [6, 6.07) is 5.00. The lowest BCUT2D eigenvalue weighted by Gasteiger charge is -2.31. The molecule has 5 nitrogen and oxygen atoms in total. The van der Waals surface area contributed by atoms with Gasteiger partial charge in [0, 0.05) is 25.0 Å². The fraction of sp³-hybridized carbons (Fsp3) is 0.632. The molecule has 1 aliphatic heterocycles. The smallest absolute Gasteiger partial charge is 0.243 e. The molecule has 1 N–H and O–H groups in total. The number of hydrogen-bond donors (Lipinski definition) is 1. The van der Waals surface area contributed by atoms with Crippen LogP contribution < -0.4 is 5.32 Å². The lowest BCUT2D eigenvalue weighted by molar-refractivity contribution is -0.126. The van der Waals surface area contributed by atoms with Gasteiger partial charge in [0.25, 0.3) is 0 Å². The lowest BCUT2D eigenvalue weighted by atomic mass is 9.96. The van der Waals surface area contributed by atoms with Crippen molar-refractivity contribution in [2.24, 2.45) is 5.92 Å². The summed E-state index contributed by atoms with van der Waals surface area (Å²) in [7, 11) is -3.63. The van der Waals surface area contributed by atoms with Gasteiger partial charge >= 0.3 is 0 Å². The van der Waals surface area contributed by atoms with Gasteiger partial charge in [-0.1, -0.05) is 26.2 Å².